The summed E-state index contributed by atoms with van der Waals surface area (Å²) in [5.74, 6) is 0. The van der Waals surface area contributed by atoms with Crippen molar-refractivity contribution in [3.8, 4) is 11.1 Å². The zero-order valence-corrected chi connectivity index (χ0v) is 11.5. The van der Waals surface area contributed by atoms with E-state index in [-0.39, 0.29) is 4.90 Å². The SMILES string of the molecule is CS(=O)(=O)c1ccccc1-c1ccc(NC(=O)O)cc1. The minimum atomic E-state index is -3.32. The summed E-state index contributed by atoms with van der Waals surface area (Å²) in [7, 11) is -3.32. The van der Waals surface area contributed by atoms with E-state index in [1.165, 1.54) is 0 Å². The van der Waals surface area contributed by atoms with Crippen LogP contribution in [0, 0.1) is 0 Å². The zero-order chi connectivity index (χ0) is 14.8. The second-order valence-corrected chi connectivity index (χ2v) is 6.26. The number of anilines is 1. The van der Waals surface area contributed by atoms with Crippen LogP contribution in [0.5, 0.6) is 0 Å². The minimum absolute atomic E-state index is 0.249. The Balaban J connectivity index is 2.45. The second kappa shape index (κ2) is 5.34. The van der Waals surface area contributed by atoms with Crippen molar-refractivity contribution in [1.82, 2.24) is 0 Å². The van der Waals surface area contributed by atoms with Crippen molar-refractivity contribution in [3.05, 3.63) is 48.5 Å². The van der Waals surface area contributed by atoms with Crippen molar-refractivity contribution in [1.29, 1.82) is 0 Å². The summed E-state index contributed by atoms with van der Waals surface area (Å²) in [6.45, 7) is 0. The lowest BCUT2D eigenvalue weighted by atomic mass is 10.1. The number of sulfone groups is 1. The molecule has 0 saturated heterocycles. The first kappa shape index (κ1) is 14.1. The molecule has 0 fully saturated rings. The van der Waals surface area contributed by atoms with Crippen LogP contribution in [-0.2, 0) is 9.84 Å². The predicted octanol–water partition coefficient (Wildman–Crippen LogP) is 2.85. The van der Waals surface area contributed by atoms with Crippen LogP contribution in [0.25, 0.3) is 11.1 Å². The summed E-state index contributed by atoms with van der Waals surface area (Å²) in [5.41, 5.74) is 1.73. The Kier molecular flexibility index (Phi) is 3.76. The maximum Gasteiger partial charge on any atom is 0.409 e. The molecule has 2 aromatic rings. The van der Waals surface area contributed by atoms with Gasteiger partial charge in [0.05, 0.1) is 4.90 Å². The van der Waals surface area contributed by atoms with Gasteiger partial charge in [-0.1, -0.05) is 30.3 Å². The van der Waals surface area contributed by atoms with E-state index >= 15 is 0 Å². The third kappa shape index (κ3) is 3.16. The summed E-state index contributed by atoms with van der Waals surface area (Å²) in [6, 6.07) is 13.2. The highest BCUT2D eigenvalue weighted by Crippen LogP contribution is 2.28. The Bertz CT molecular complexity index is 736. The monoisotopic (exact) mass is 291 g/mol. The van der Waals surface area contributed by atoms with E-state index in [2.05, 4.69) is 5.32 Å². The molecule has 0 aliphatic rings. The fourth-order valence-electron chi connectivity index (χ4n) is 1.89. The van der Waals surface area contributed by atoms with E-state index in [0.29, 0.717) is 16.8 Å². The Labute approximate surface area is 116 Å². The first-order chi connectivity index (χ1) is 9.38. The van der Waals surface area contributed by atoms with Crippen LogP contribution in [-0.4, -0.2) is 25.9 Å². The maximum atomic E-state index is 11.7. The average Bonchev–Trinajstić information content (AvgIpc) is 2.38. The summed E-state index contributed by atoms with van der Waals surface area (Å²) in [6.07, 6.45) is 0.0147. The van der Waals surface area contributed by atoms with Crippen LogP contribution in [0.3, 0.4) is 0 Å². The fraction of sp³-hybridized carbons (Fsp3) is 0.0714. The molecule has 0 aliphatic heterocycles. The zero-order valence-electron chi connectivity index (χ0n) is 10.7. The van der Waals surface area contributed by atoms with Crippen molar-refractivity contribution in [2.45, 2.75) is 4.90 Å². The van der Waals surface area contributed by atoms with Crippen LogP contribution < -0.4 is 5.32 Å². The van der Waals surface area contributed by atoms with Crippen LogP contribution in [0.15, 0.2) is 53.4 Å². The maximum absolute atomic E-state index is 11.7. The summed E-state index contributed by atoms with van der Waals surface area (Å²) in [4.78, 5) is 10.8. The topological polar surface area (TPSA) is 83.5 Å². The van der Waals surface area contributed by atoms with Gasteiger partial charge in [-0.2, -0.15) is 0 Å². The van der Waals surface area contributed by atoms with Gasteiger partial charge in [0, 0.05) is 17.5 Å². The first-order valence-corrected chi connectivity index (χ1v) is 7.66. The van der Waals surface area contributed by atoms with Crippen LogP contribution in [0.2, 0.25) is 0 Å². The highest BCUT2D eigenvalue weighted by atomic mass is 32.2. The lowest BCUT2D eigenvalue weighted by Gasteiger charge is -2.09. The molecule has 1 amide bonds. The van der Waals surface area contributed by atoms with E-state index < -0.39 is 15.9 Å². The van der Waals surface area contributed by atoms with Gasteiger partial charge in [-0.3, -0.25) is 5.32 Å². The third-order valence-electron chi connectivity index (χ3n) is 2.73. The Hall–Kier alpha value is -2.34. The lowest BCUT2D eigenvalue weighted by molar-refractivity contribution is 0.209. The largest absolute Gasteiger partial charge is 0.465 e. The smallest absolute Gasteiger partial charge is 0.409 e. The van der Waals surface area contributed by atoms with Crippen molar-refractivity contribution in [3.63, 3.8) is 0 Å². The molecule has 0 atom stereocenters. The predicted molar refractivity (Wildman–Crippen MR) is 76.6 cm³/mol. The molecule has 0 spiro atoms. The van der Waals surface area contributed by atoms with E-state index in [4.69, 9.17) is 5.11 Å². The quantitative estimate of drug-likeness (QED) is 0.910. The van der Waals surface area contributed by atoms with Gasteiger partial charge >= 0.3 is 6.09 Å². The summed E-state index contributed by atoms with van der Waals surface area (Å²) >= 11 is 0. The molecular weight excluding hydrogens is 278 g/mol. The highest BCUT2D eigenvalue weighted by Gasteiger charge is 2.13. The van der Waals surface area contributed by atoms with Gasteiger partial charge in [0.15, 0.2) is 9.84 Å². The van der Waals surface area contributed by atoms with Gasteiger partial charge in [0.25, 0.3) is 0 Å². The molecule has 0 unspecified atom stereocenters. The Morgan fingerprint density at radius 3 is 2.20 bits per heavy atom. The Morgan fingerprint density at radius 1 is 1.05 bits per heavy atom. The van der Waals surface area contributed by atoms with Gasteiger partial charge < -0.3 is 5.11 Å². The number of amides is 1. The standard InChI is InChI=1S/C14H13NO4S/c1-20(18,19)13-5-3-2-4-12(13)10-6-8-11(9-7-10)15-14(16)17/h2-9,15H,1H3,(H,16,17). The molecule has 0 heterocycles. The van der Waals surface area contributed by atoms with Gasteiger partial charge in [-0.05, 0) is 23.8 Å². The number of nitrogens with one attached hydrogen (secondary N) is 1. The summed E-state index contributed by atoms with van der Waals surface area (Å²) < 4.78 is 23.5. The van der Waals surface area contributed by atoms with Gasteiger partial charge in [-0.15, -0.1) is 0 Å². The normalized spacial score (nSPS) is 11.1. The molecule has 0 aromatic heterocycles. The van der Waals surface area contributed by atoms with Gasteiger partial charge in [-0.25, -0.2) is 13.2 Å². The number of carbonyl (C=O) groups is 1. The lowest BCUT2D eigenvalue weighted by Crippen LogP contribution is -2.06. The molecule has 2 N–H and O–H groups in total. The van der Waals surface area contributed by atoms with Crippen molar-refractivity contribution >= 4 is 21.6 Å². The van der Waals surface area contributed by atoms with Crippen LogP contribution >= 0.6 is 0 Å². The van der Waals surface area contributed by atoms with Crippen molar-refractivity contribution in [2.75, 3.05) is 11.6 Å². The van der Waals surface area contributed by atoms with Gasteiger partial charge in [0.2, 0.25) is 0 Å². The molecule has 0 bridgehead atoms. The number of hydrogen-bond donors (Lipinski definition) is 2. The second-order valence-electron chi connectivity index (χ2n) is 4.28. The number of carboxylic acid groups (broad SMARTS) is 1. The Morgan fingerprint density at radius 2 is 1.65 bits per heavy atom. The van der Waals surface area contributed by atoms with Crippen LogP contribution in [0.1, 0.15) is 0 Å². The van der Waals surface area contributed by atoms with E-state index in [1.54, 1.807) is 48.5 Å². The van der Waals surface area contributed by atoms with E-state index in [0.717, 1.165) is 6.26 Å². The molecule has 2 rings (SSSR count). The number of rotatable bonds is 3. The minimum Gasteiger partial charge on any atom is -0.465 e. The van der Waals surface area contributed by atoms with Crippen molar-refractivity contribution in [2.24, 2.45) is 0 Å². The molecule has 104 valence electrons. The molecule has 20 heavy (non-hydrogen) atoms. The average molecular weight is 291 g/mol. The molecule has 2 aromatic carbocycles. The van der Waals surface area contributed by atoms with E-state index in [1.807, 2.05) is 0 Å². The highest BCUT2D eigenvalue weighted by molar-refractivity contribution is 7.90. The molecular formula is C14H13NO4S. The van der Waals surface area contributed by atoms with Crippen molar-refractivity contribution < 1.29 is 18.3 Å². The van der Waals surface area contributed by atoms with E-state index in [9.17, 15) is 13.2 Å². The molecule has 0 aliphatic carbocycles. The van der Waals surface area contributed by atoms with Gasteiger partial charge in [0.1, 0.15) is 0 Å². The third-order valence-corrected chi connectivity index (χ3v) is 3.89. The number of benzene rings is 2. The first-order valence-electron chi connectivity index (χ1n) is 5.77. The van der Waals surface area contributed by atoms with Crippen LogP contribution in [0.4, 0.5) is 10.5 Å². The molecule has 6 heteroatoms. The molecule has 0 saturated carbocycles. The molecule has 0 radical (unpaired) electrons. The molecule has 5 nitrogen and oxygen atoms in total. The number of hydrogen-bond acceptors (Lipinski definition) is 3. The fourth-order valence-corrected chi connectivity index (χ4v) is 2.80. The summed E-state index contributed by atoms with van der Waals surface area (Å²) in [5, 5.41) is 10.8.